The Labute approximate surface area is 218 Å². The lowest BCUT2D eigenvalue weighted by Crippen LogP contribution is -2.09. The Balaban J connectivity index is -0.0000000640. The Hall–Kier alpha value is -2.27. The number of rotatable bonds is 5. The summed E-state index contributed by atoms with van der Waals surface area (Å²) in [5.74, 6) is 1.65. The van der Waals surface area contributed by atoms with Crippen molar-refractivity contribution in [3.63, 3.8) is 0 Å². The first-order valence-corrected chi connectivity index (χ1v) is 12.5. The number of carbonyl (C=O) groups excluding carboxylic acids is 2. The molecular weight excluding hydrogens is 440 g/mol. The molecule has 34 heavy (non-hydrogen) atoms. The van der Waals surface area contributed by atoms with Gasteiger partial charge in [-0.1, -0.05) is 121 Å². The van der Waals surface area contributed by atoms with E-state index < -0.39 is 0 Å². The van der Waals surface area contributed by atoms with Gasteiger partial charge in [0.05, 0.1) is 0 Å². The molecule has 2 rings (SSSR count). The minimum absolute atomic E-state index is 0. The van der Waals surface area contributed by atoms with Crippen molar-refractivity contribution in [3.05, 3.63) is 65.7 Å². The normalized spacial score (nSPS) is 7.12. The lowest BCUT2D eigenvalue weighted by molar-refractivity contribution is -0.114. The molecule has 5 heteroatoms. The van der Waals surface area contributed by atoms with Crippen LogP contribution in [0.25, 0.3) is 0 Å². The van der Waals surface area contributed by atoms with Crippen LogP contribution in [0.1, 0.15) is 107 Å². The van der Waals surface area contributed by atoms with Gasteiger partial charge in [-0.25, -0.2) is 0 Å². The molecule has 0 bridgehead atoms. The molecule has 0 aliphatic carbocycles. The molecule has 0 saturated carbocycles. The van der Waals surface area contributed by atoms with Crippen LogP contribution in [-0.2, 0) is 10.5 Å². The number of carbonyl (C=O) groups is 2. The third-order valence-electron chi connectivity index (χ3n) is 2.85. The minimum Gasteiger partial charge on any atom is -0.366 e. The fraction of sp³-hybridized carbons (Fsp3) is 0.517. The zero-order chi connectivity index (χ0) is 25.1. The third kappa shape index (κ3) is 29.7. The maximum atomic E-state index is 10.9. The number of nitrogens with one attached hydrogen (secondary N) is 1. The molecule has 202 valence electrons. The quantitative estimate of drug-likeness (QED) is 0.431. The predicted molar refractivity (Wildman–Crippen MR) is 163 cm³/mol. The van der Waals surface area contributed by atoms with Crippen molar-refractivity contribution in [1.29, 1.82) is 0 Å². The Morgan fingerprint density at radius 2 is 1.18 bits per heavy atom. The van der Waals surface area contributed by atoms with Gasteiger partial charge in [0.15, 0.2) is 0 Å². The highest BCUT2D eigenvalue weighted by atomic mass is 32.2. The number of hydrogen-bond donors (Lipinski definition) is 2. The second-order valence-corrected chi connectivity index (χ2v) is 5.98. The molecule has 2 aromatic carbocycles. The van der Waals surface area contributed by atoms with Gasteiger partial charge in [0.25, 0.3) is 0 Å². The van der Waals surface area contributed by atoms with E-state index in [-0.39, 0.29) is 34.1 Å². The Morgan fingerprint density at radius 1 is 0.765 bits per heavy atom. The summed E-state index contributed by atoms with van der Waals surface area (Å²) in [7, 11) is 0. The van der Waals surface area contributed by atoms with Gasteiger partial charge < -0.3 is 11.1 Å². The molecule has 2 amide bonds. The van der Waals surface area contributed by atoms with E-state index in [4.69, 9.17) is 5.73 Å². The summed E-state index contributed by atoms with van der Waals surface area (Å²) in [6.45, 7) is 19.7. The van der Waals surface area contributed by atoms with E-state index in [1.165, 1.54) is 12.5 Å². The predicted octanol–water partition coefficient (Wildman–Crippen LogP) is 9.70. The molecule has 0 unspecified atom stereocenters. The van der Waals surface area contributed by atoms with E-state index in [1.54, 1.807) is 24.3 Å². The monoisotopic (exact) mass is 498 g/mol. The number of amides is 2. The first-order chi connectivity index (χ1) is 15.0. The summed E-state index contributed by atoms with van der Waals surface area (Å²) in [6, 6.07) is 16.7. The van der Waals surface area contributed by atoms with Crippen molar-refractivity contribution in [2.75, 3.05) is 11.1 Å². The number of anilines is 1. The van der Waals surface area contributed by atoms with Crippen molar-refractivity contribution < 1.29 is 9.59 Å². The van der Waals surface area contributed by atoms with E-state index >= 15 is 0 Å². The average molecular weight is 499 g/mol. The number of benzene rings is 2. The Bertz CT molecular complexity index is 633. The van der Waals surface area contributed by atoms with Crippen LogP contribution < -0.4 is 11.1 Å². The molecule has 0 heterocycles. The highest BCUT2D eigenvalue weighted by Gasteiger charge is 2.02. The lowest BCUT2D eigenvalue weighted by atomic mass is 10.2. The second-order valence-electron chi connectivity index (χ2n) is 4.71. The average Bonchev–Trinajstić information content (AvgIpc) is 2.84. The zero-order valence-corrected chi connectivity index (χ0v) is 22.2. The molecule has 0 aliphatic rings. The van der Waals surface area contributed by atoms with Crippen LogP contribution in [-0.4, -0.2) is 17.6 Å². The maximum Gasteiger partial charge on any atom is 0.248 e. The summed E-state index contributed by atoms with van der Waals surface area (Å²) in [5, 5.41) is 2.83. The van der Waals surface area contributed by atoms with Gasteiger partial charge in [0.2, 0.25) is 11.8 Å². The molecule has 3 N–H and O–H groups in total. The van der Waals surface area contributed by atoms with E-state index in [9.17, 15) is 9.59 Å². The van der Waals surface area contributed by atoms with Crippen molar-refractivity contribution >= 4 is 29.3 Å². The van der Waals surface area contributed by atoms with Gasteiger partial charge in [-0.15, -0.1) is 0 Å². The standard InChI is InChI=1S/C11H15NOS.C7H7NO.4C2H6.3CH4/c1-3-14-8-10-6-4-5-7-11(10)12-9(2)13;8-7(9)6-4-2-1-3-5-6;4*1-2;;;/h4-7H,3,8H2,1-2H3,(H,12,13);1-5H,(H2,8,9);4*1-2H3;3*1H4. The summed E-state index contributed by atoms with van der Waals surface area (Å²) in [4.78, 5) is 21.3. The minimum atomic E-state index is -0.379. The summed E-state index contributed by atoms with van der Waals surface area (Å²) < 4.78 is 0. The summed E-state index contributed by atoms with van der Waals surface area (Å²) >= 11 is 1.85. The topological polar surface area (TPSA) is 72.2 Å². The van der Waals surface area contributed by atoms with Crippen molar-refractivity contribution in [1.82, 2.24) is 0 Å². The molecule has 0 aliphatic heterocycles. The largest absolute Gasteiger partial charge is 0.366 e. The van der Waals surface area contributed by atoms with Crippen LogP contribution in [0.15, 0.2) is 54.6 Å². The maximum absolute atomic E-state index is 10.9. The van der Waals surface area contributed by atoms with Gasteiger partial charge in [0.1, 0.15) is 0 Å². The van der Waals surface area contributed by atoms with Gasteiger partial charge in [0, 0.05) is 23.9 Å². The number of nitrogens with two attached hydrogens (primary N) is 1. The van der Waals surface area contributed by atoms with Gasteiger partial charge in [-0.05, 0) is 29.5 Å². The molecule has 0 spiro atoms. The molecule has 0 fully saturated rings. The second kappa shape index (κ2) is 41.0. The molecule has 0 atom stereocenters. The van der Waals surface area contributed by atoms with E-state index in [0.717, 1.165) is 17.2 Å². The van der Waals surface area contributed by atoms with Crippen LogP contribution in [0.5, 0.6) is 0 Å². The lowest BCUT2D eigenvalue weighted by Gasteiger charge is -2.08. The number of primary amides is 1. The fourth-order valence-corrected chi connectivity index (χ4v) is 2.45. The Kier molecular flexibility index (Phi) is 59.1. The molecule has 0 saturated heterocycles. The summed E-state index contributed by atoms with van der Waals surface area (Å²) in [5.41, 5.74) is 7.65. The number of para-hydroxylation sites is 1. The van der Waals surface area contributed by atoms with Crippen LogP contribution >= 0.6 is 11.8 Å². The highest BCUT2D eigenvalue weighted by Crippen LogP contribution is 2.20. The molecule has 2 aromatic rings. The molecule has 4 nitrogen and oxygen atoms in total. The van der Waals surface area contributed by atoms with Crippen LogP contribution in [0, 0.1) is 0 Å². The third-order valence-corrected chi connectivity index (χ3v) is 3.77. The fourth-order valence-electron chi connectivity index (χ4n) is 1.77. The van der Waals surface area contributed by atoms with E-state index in [1.807, 2.05) is 97.5 Å². The van der Waals surface area contributed by atoms with Crippen LogP contribution in [0.3, 0.4) is 0 Å². The van der Waals surface area contributed by atoms with Gasteiger partial charge >= 0.3 is 0 Å². The first-order valence-electron chi connectivity index (χ1n) is 11.3. The van der Waals surface area contributed by atoms with Crippen LogP contribution in [0.2, 0.25) is 0 Å². The number of thioether (sulfide) groups is 1. The zero-order valence-electron chi connectivity index (χ0n) is 21.4. The van der Waals surface area contributed by atoms with E-state index in [0.29, 0.717) is 5.56 Å². The molecule has 0 radical (unpaired) electrons. The molecule has 0 aromatic heterocycles. The SMILES string of the molecule is C.C.C.CC.CC.CC.CC.CCSCc1ccccc1NC(C)=O.NC(=O)c1ccccc1. The van der Waals surface area contributed by atoms with Crippen LogP contribution in [0.4, 0.5) is 5.69 Å². The van der Waals surface area contributed by atoms with Crippen molar-refractivity contribution in [3.8, 4) is 0 Å². The Morgan fingerprint density at radius 3 is 1.53 bits per heavy atom. The number of hydrogen-bond acceptors (Lipinski definition) is 3. The van der Waals surface area contributed by atoms with Crippen molar-refractivity contribution in [2.45, 2.75) is 97.3 Å². The summed E-state index contributed by atoms with van der Waals surface area (Å²) in [6.07, 6.45) is 0. The van der Waals surface area contributed by atoms with Gasteiger partial charge in [-0.2, -0.15) is 11.8 Å². The smallest absolute Gasteiger partial charge is 0.248 e. The molecular formula is C29H58N2O2S. The first kappa shape index (κ1) is 49.0. The van der Waals surface area contributed by atoms with E-state index in [2.05, 4.69) is 12.2 Å². The van der Waals surface area contributed by atoms with Gasteiger partial charge in [-0.3, -0.25) is 9.59 Å². The highest BCUT2D eigenvalue weighted by molar-refractivity contribution is 7.98. The van der Waals surface area contributed by atoms with Crippen molar-refractivity contribution in [2.24, 2.45) is 5.73 Å².